The number of rotatable bonds is 7. The Kier molecular flexibility index (Phi) is 5.87. The van der Waals surface area contributed by atoms with Crippen molar-refractivity contribution in [3.63, 3.8) is 0 Å². The number of aromatic nitrogens is 5. The first-order valence-electron chi connectivity index (χ1n) is 10.4. The Labute approximate surface area is 195 Å². The molecule has 0 radical (unpaired) electrons. The van der Waals surface area contributed by atoms with Gasteiger partial charge in [0, 0.05) is 59.3 Å². The molecule has 0 saturated carbocycles. The zero-order valence-corrected chi connectivity index (χ0v) is 18.6. The molecule has 4 heterocycles. The Morgan fingerprint density at radius 2 is 1.91 bits per heavy atom. The Hall–Kier alpha value is -3.97. The van der Waals surface area contributed by atoms with Crippen molar-refractivity contribution in [3.05, 3.63) is 102 Å². The zero-order valence-electron chi connectivity index (χ0n) is 17.9. The highest BCUT2D eigenvalue weighted by molar-refractivity contribution is 6.31. The maximum atomic E-state index is 6.47. The lowest BCUT2D eigenvalue weighted by atomic mass is 10.1. The van der Waals surface area contributed by atoms with E-state index in [0.29, 0.717) is 16.7 Å². The lowest BCUT2D eigenvalue weighted by Gasteiger charge is -2.15. The third-order valence-electron chi connectivity index (χ3n) is 5.17. The fourth-order valence-electron chi connectivity index (χ4n) is 3.58. The Bertz CT molecular complexity index is 1390. The van der Waals surface area contributed by atoms with Crippen LogP contribution in [0.15, 0.2) is 79.8 Å². The number of benzene rings is 1. The number of aryl methyl sites for hydroxylation is 1. The highest BCUT2D eigenvalue weighted by Gasteiger charge is 2.14. The number of hydrogen-bond acceptors (Lipinski definition) is 6. The first kappa shape index (κ1) is 20.9. The molecule has 0 aliphatic carbocycles. The van der Waals surface area contributed by atoms with Crippen LogP contribution in [-0.4, -0.2) is 24.5 Å². The molecular weight excluding hydrogens is 438 g/mol. The number of para-hydroxylation sites is 1. The van der Waals surface area contributed by atoms with Crippen molar-refractivity contribution in [2.24, 2.45) is 0 Å². The molecule has 7 nitrogen and oxygen atoms in total. The predicted molar refractivity (Wildman–Crippen MR) is 126 cm³/mol. The van der Waals surface area contributed by atoms with E-state index >= 15 is 0 Å². The Morgan fingerprint density at radius 1 is 0.970 bits per heavy atom. The van der Waals surface area contributed by atoms with Crippen molar-refractivity contribution in [1.82, 2.24) is 24.5 Å². The molecule has 0 bridgehead atoms. The van der Waals surface area contributed by atoms with Gasteiger partial charge in [0.2, 0.25) is 5.88 Å². The summed E-state index contributed by atoms with van der Waals surface area (Å²) in [6, 6.07) is 13.4. The Balaban J connectivity index is 1.44. The number of hydrogen-bond donors (Lipinski definition) is 0. The van der Waals surface area contributed by atoms with Crippen molar-refractivity contribution in [2.45, 2.75) is 20.1 Å². The van der Waals surface area contributed by atoms with Crippen LogP contribution in [0.2, 0.25) is 5.02 Å². The molecule has 0 aliphatic rings. The van der Waals surface area contributed by atoms with Crippen LogP contribution in [0.3, 0.4) is 0 Å². The van der Waals surface area contributed by atoms with Gasteiger partial charge in [-0.05, 0) is 25.1 Å². The van der Waals surface area contributed by atoms with Crippen molar-refractivity contribution in [1.29, 1.82) is 0 Å². The second-order valence-electron chi connectivity index (χ2n) is 7.41. The maximum Gasteiger partial charge on any atom is 0.213 e. The van der Waals surface area contributed by atoms with Crippen LogP contribution in [0, 0.1) is 6.92 Å². The normalized spacial score (nSPS) is 11.0. The van der Waals surface area contributed by atoms with Gasteiger partial charge in [-0.15, -0.1) is 0 Å². The molecule has 0 fully saturated rings. The fraction of sp³-hybridized carbons (Fsp3) is 0.120. The average molecular weight is 458 g/mol. The van der Waals surface area contributed by atoms with Gasteiger partial charge in [0.25, 0.3) is 0 Å². The van der Waals surface area contributed by atoms with Gasteiger partial charge < -0.3 is 14.0 Å². The van der Waals surface area contributed by atoms with E-state index in [2.05, 4.69) is 15.0 Å². The quantitative estimate of drug-likeness (QED) is 0.329. The standard InChI is InChI=1S/C25H20ClN5O2/c1-17-11-22(31-10-9-27-16-31)19-5-4-6-23(25(19)30-17)32-15-20-18(12-28-13-21(20)26)14-33-24-7-2-3-8-29-24/h2-13,16H,14-15H2,1H3. The molecule has 8 heteroatoms. The summed E-state index contributed by atoms with van der Waals surface area (Å²) in [5, 5.41) is 1.48. The van der Waals surface area contributed by atoms with Gasteiger partial charge in [0.15, 0.2) is 0 Å². The minimum Gasteiger partial charge on any atom is -0.487 e. The average Bonchev–Trinajstić information content (AvgIpc) is 3.37. The first-order valence-corrected chi connectivity index (χ1v) is 10.7. The number of imidazole rings is 1. The summed E-state index contributed by atoms with van der Waals surface area (Å²) in [4.78, 5) is 17.3. The molecule has 0 amide bonds. The number of ether oxygens (including phenoxy) is 2. The first-order chi connectivity index (χ1) is 16.2. The van der Waals surface area contributed by atoms with Crippen molar-refractivity contribution < 1.29 is 9.47 Å². The second kappa shape index (κ2) is 9.26. The minimum absolute atomic E-state index is 0.247. The monoisotopic (exact) mass is 457 g/mol. The molecule has 0 atom stereocenters. The third-order valence-corrected chi connectivity index (χ3v) is 5.50. The number of halogens is 1. The van der Waals surface area contributed by atoms with Gasteiger partial charge in [-0.2, -0.15) is 0 Å². The number of fused-ring (bicyclic) bond motifs is 1. The van der Waals surface area contributed by atoms with E-state index < -0.39 is 0 Å². The summed E-state index contributed by atoms with van der Waals surface area (Å²) in [6.45, 7) is 2.49. The maximum absolute atomic E-state index is 6.47. The van der Waals surface area contributed by atoms with Crippen LogP contribution in [0.4, 0.5) is 0 Å². The molecule has 0 saturated heterocycles. The summed E-state index contributed by atoms with van der Waals surface area (Å²) in [6.07, 6.45) is 10.5. The van der Waals surface area contributed by atoms with E-state index in [1.54, 1.807) is 37.2 Å². The SMILES string of the molecule is Cc1cc(-n2ccnc2)c2cccc(OCc3c(Cl)cncc3COc3ccccn3)c2n1. The van der Waals surface area contributed by atoms with E-state index in [9.17, 15) is 0 Å². The highest BCUT2D eigenvalue weighted by atomic mass is 35.5. The number of pyridine rings is 3. The van der Waals surface area contributed by atoms with Crippen molar-refractivity contribution >= 4 is 22.5 Å². The van der Waals surface area contributed by atoms with E-state index in [1.807, 2.05) is 54.1 Å². The molecule has 5 rings (SSSR count). The van der Waals surface area contributed by atoms with Crippen LogP contribution in [0.25, 0.3) is 16.6 Å². The van der Waals surface area contributed by atoms with Crippen LogP contribution in [0.5, 0.6) is 11.6 Å². The Morgan fingerprint density at radius 3 is 2.73 bits per heavy atom. The lowest BCUT2D eigenvalue weighted by molar-refractivity contribution is 0.279. The zero-order chi connectivity index (χ0) is 22.6. The van der Waals surface area contributed by atoms with Crippen LogP contribution < -0.4 is 9.47 Å². The summed E-state index contributed by atoms with van der Waals surface area (Å²) >= 11 is 6.47. The van der Waals surface area contributed by atoms with E-state index in [-0.39, 0.29) is 13.2 Å². The summed E-state index contributed by atoms with van der Waals surface area (Å²) in [7, 11) is 0. The minimum atomic E-state index is 0.247. The third kappa shape index (κ3) is 4.49. The molecule has 0 unspecified atom stereocenters. The van der Waals surface area contributed by atoms with E-state index in [4.69, 9.17) is 26.1 Å². The molecule has 0 aliphatic heterocycles. The fourth-order valence-corrected chi connectivity index (χ4v) is 3.81. The van der Waals surface area contributed by atoms with E-state index in [0.717, 1.165) is 33.4 Å². The van der Waals surface area contributed by atoms with Crippen LogP contribution >= 0.6 is 11.6 Å². The smallest absolute Gasteiger partial charge is 0.213 e. The van der Waals surface area contributed by atoms with Gasteiger partial charge in [-0.25, -0.2) is 15.0 Å². The summed E-state index contributed by atoms with van der Waals surface area (Å²) < 4.78 is 14.0. The molecule has 0 spiro atoms. The summed E-state index contributed by atoms with van der Waals surface area (Å²) in [5.41, 5.74) is 4.29. The number of nitrogens with zero attached hydrogens (tertiary/aromatic N) is 5. The van der Waals surface area contributed by atoms with Gasteiger partial charge in [0.1, 0.15) is 24.5 Å². The largest absolute Gasteiger partial charge is 0.487 e. The summed E-state index contributed by atoms with van der Waals surface area (Å²) in [5.74, 6) is 1.20. The van der Waals surface area contributed by atoms with E-state index in [1.165, 1.54) is 0 Å². The second-order valence-corrected chi connectivity index (χ2v) is 7.82. The molecule has 33 heavy (non-hydrogen) atoms. The highest BCUT2D eigenvalue weighted by Crippen LogP contribution is 2.31. The topological polar surface area (TPSA) is 75.0 Å². The van der Waals surface area contributed by atoms with Crippen LogP contribution in [0.1, 0.15) is 16.8 Å². The molecule has 1 aromatic carbocycles. The molecular formula is C25H20ClN5O2. The predicted octanol–water partition coefficient (Wildman–Crippen LogP) is 5.33. The van der Waals surface area contributed by atoms with Crippen LogP contribution in [-0.2, 0) is 13.2 Å². The molecule has 164 valence electrons. The van der Waals surface area contributed by atoms with Gasteiger partial charge in [-0.1, -0.05) is 29.8 Å². The molecule has 0 N–H and O–H groups in total. The van der Waals surface area contributed by atoms with Gasteiger partial charge >= 0.3 is 0 Å². The van der Waals surface area contributed by atoms with Crippen molar-refractivity contribution in [3.8, 4) is 17.3 Å². The molecule has 4 aromatic heterocycles. The van der Waals surface area contributed by atoms with Gasteiger partial charge in [0.05, 0.1) is 17.0 Å². The molecule has 5 aromatic rings. The van der Waals surface area contributed by atoms with Gasteiger partial charge in [-0.3, -0.25) is 4.98 Å². The lowest BCUT2D eigenvalue weighted by Crippen LogP contribution is -2.06. The van der Waals surface area contributed by atoms with Crippen molar-refractivity contribution in [2.75, 3.05) is 0 Å².